The van der Waals surface area contributed by atoms with Crippen LogP contribution in [-0.2, 0) is 0 Å². The van der Waals surface area contributed by atoms with Crippen molar-refractivity contribution in [2.24, 2.45) is 39.4 Å². The molecular formula is C24H47N. The van der Waals surface area contributed by atoms with Crippen LogP contribution in [0, 0.1) is 39.4 Å². The second-order valence-electron chi connectivity index (χ2n) is 12.3. The maximum absolute atomic E-state index is 2.97. The van der Waals surface area contributed by atoms with Gasteiger partial charge in [-0.25, -0.2) is 0 Å². The molecular weight excluding hydrogens is 302 g/mol. The fourth-order valence-electron chi connectivity index (χ4n) is 6.24. The summed E-state index contributed by atoms with van der Waals surface area (Å²) in [7, 11) is 0. The number of hydrogen-bond donors (Lipinski definition) is 0. The van der Waals surface area contributed by atoms with Gasteiger partial charge in [0.25, 0.3) is 0 Å². The van der Waals surface area contributed by atoms with Crippen LogP contribution in [0.2, 0.25) is 0 Å². The Morgan fingerprint density at radius 3 is 1.36 bits per heavy atom. The maximum Gasteiger partial charge on any atom is 0.0158 e. The van der Waals surface area contributed by atoms with Gasteiger partial charge in [-0.2, -0.15) is 0 Å². The zero-order valence-electron chi connectivity index (χ0n) is 19.5. The van der Waals surface area contributed by atoms with Gasteiger partial charge in [-0.3, -0.25) is 4.90 Å². The van der Waals surface area contributed by atoms with E-state index in [1.165, 1.54) is 19.4 Å². The van der Waals surface area contributed by atoms with Crippen LogP contribution in [0.15, 0.2) is 0 Å². The molecule has 0 aliphatic carbocycles. The first-order valence-corrected chi connectivity index (χ1v) is 10.8. The number of rotatable bonds is 3. The van der Waals surface area contributed by atoms with Gasteiger partial charge in [0.15, 0.2) is 0 Å². The van der Waals surface area contributed by atoms with Crippen molar-refractivity contribution in [3.63, 3.8) is 0 Å². The molecule has 0 spiro atoms. The van der Waals surface area contributed by atoms with Gasteiger partial charge < -0.3 is 0 Å². The molecule has 2 rings (SSSR count). The zero-order chi connectivity index (χ0) is 19.6. The van der Waals surface area contributed by atoms with Crippen molar-refractivity contribution in [1.29, 1.82) is 0 Å². The van der Waals surface area contributed by atoms with Gasteiger partial charge in [-0.1, -0.05) is 83.1 Å². The highest BCUT2D eigenvalue weighted by Gasteiger charge is 2.65. The lowest BCUT2D eigenvalue weighted by molar-refractivity contribution is -0.0856. The van der Waals surface area contributed by atoms with E-state index in [1.54, 1.807) is 0 Å². The Morgan fingerprint density at radius 1 is 0.720 bits per heavy atom. The van der Waals surface area contributed by atoms with Crippen LogP contribution in [-0.4, -0.2) is 23.5 Å². The molecule has 2 aliphatic heterocycles. The van der Waals surface area contributed by atoms with E-state index < -0.39 is 0 Å². The smallest absolute Gasteiger partial charge is 0.0158 e. The van der Waals surface area contributed by atoms with Crippen LogP contribution in [0.3, 0.4) is 0 Å². The number of piperidine rings is 1. The average molecular weight is 350 g/mol. The lowest BCUT2D eigenvalue weighted by atomic mass is 9.46. The third kappa shape index (κ3) is 2.91. The van der Waals surface area contributed by atoms with Crippen molar-refractivity contribution in [1.82, 2.24) is 4.90 Å². The van der Waals surface area contributed by atoms with Crippen molar-refractivity contribution < 1.29 is 0 Å². The molecule has 0 aromatic carbocycles. The fourth-order valence-corrected chi connectivity index (χ4v) is 6.24. The standard InChI is InChI=1S/C24H47N/c1-16(2)15-25-19-13-18(17(3)4)14-20(25)22(7,8)24(11,12)23(9,10)21(19,5)6/h16-20H,13-15H2,1-12H3. The van der Waals surface area contributed by atoms with Gasteiger partial charge in [0, 0.05) is 18.6 Å². The number of hydrogen-bond acceptors (Lipinski definition) is 1. The van der Waals surface area contributed by atoms with Crippen molar-refractivity contribution in [2.45, 2.75) is 108 Å². The van der Waals surface area contributed by atoms with E-state index in [-0.39, 0.29) is 10.8 Å². The number of fused-ring (bicyclic) bond motifs is 2. The molecule has 0 amide bonds. The molecule has 1 nitrogen and oxygen atoms in total. The molecule has 2 heterocycles. The Balaban J connectivity index is 2.69. The lowest BCUT2D eigenvalue weighted by Crippen LogP contribution is -2.59. The fraction of sp³-hybridized carbons (Fsp3) is 1.00. The van der Waals surface area contributed by atoms with E-state index in [0.29, 0.717) is 22.9 Å². The molecule has 1 heteroatoms. The molecule has 2 atom stereocenters. The highest BCUT2D eigenvalue weighted by molar-refractivity contribution is 5.16. The SMILES string of the molecule is CC(C)CN1C2CC(C(C)C)CC1C(C)(C)C(C)(C)C(C)(C)C2(C)C. The molecule has 0 saturated carbocycles. The molecule has 2 saturated heterocycles. The van der Waals surface area contributed by atoms with Crippen LogP contribution >= 0.6 is 0 Å². The summed E-state index contributed by atoms with van der Waals surface area (Å²) in [6.07, 6.45) is 2.76. The first kappa shape index (κ1) is 21.3. The second kappa shape index (κ2) is 6.25. The predicted octanol–water partition coefficient (Wildman–Crippen LogP) is 6.87. The van der Waals surface area contributed by atoms with E-state index >= 15 is 0 Å². The summed E-state index contributed by atoms with van der Waals surface area (Å²) < 4.78 is 0. The third-order valence-corrected chi connectivity index (χ3v) is 9.82. The summed E-state index contributed by atoms with van der Waals surface area (Å²) >= 11 is 0. The summed E-state index contributed by atoms with van der Waals surface area (Å²) in [5.74, 6) is 2.39. The first-order valence-electron chi connectivity index (χ1n) is 10.8. The molecule has 0 radical (unpaired) electrons. The van der Waals surface area contributed by atoms with Gasteiger partial charge in [0.05, 0.1) is 0 Å². The highest BCUT2D eigenvalue weighted by atomic mass is 15.2. The maximum atomic E-state index is 2.97. The van der Waals surface area contributed by atoms with E-state index in [0.717, 1.165) is 17.8 Å². The van der Waals surface area contributed by atoms with E-state index in [9.17, 15) is 0 Å². The van der Waals surface area contributed by atoms with E-state index in [1.807, 2.05) is 0 Å². The average Bonchev–Trinajstić information content (AvgIpc) is 2.45. The van der Waals surface area contributed by atoms with Crippen LogP contribution in [0.1, 0.15) is 95.9 Å². The Bertz CT molecular complexity index is 444. The summed E-state index contributed by atoms with van der Waals surface area (Å²) in [6.45, 7) is 31.5. The van der Waals surface area contributed by atoms with Gasteiger partial charge >= 0.3 is 0 Å². The van der Waals surface area contributed by atoms with Crippen LogP contribution < -0.4 is 0 Å². The van der Waals surface area contributed by atoms with Crippen LogP contribution in [0.25, 0.3) is 0 Å². The van der Waals surface area contributed by atoms with Crippen molar-refractivity contribution in [3.05, 3.63) is 0 Å². The zero-order valence-corrected chi connectivity index (χ0v) is 19.5. The molecule has 0 aromatic heterocycles. The van der Waals surface area contributed by atoms with Gasteiger partial charge in [0.1, 0.15) is 0 Å². The minimum atomic E-state index is 0.282. The van der Waals surface area contributed by atoms with Crippen LogP contribution in [0.4, 0.5) is 0 Å². The normalized spacial score (nSPS) is 36.5. The highest BCUT2D eigenvalue weighted by Crippen LogP contribution is 2.67. The molecule has 0 N–H and O–H groups in total. The van der Waals surface area contributed by atoms with Gasteiger partial charge in [-0.15, -0.1) is 0 Å². The monoisotopic (exact) mass is 349 g/mol. The summed E-state index contributed by atoms with van der Waals surface area (Å²) in [6, 6.07) is 1.38. The Morgan fingerprint density at radius 2 is 1.08 bits per heavy atom. The molecule has 2 bridgehead atoms. The minimum Gasteiger partial charge on any atom is -0.296 e. The summed E-state index contributed by atoms with van der Waals surface area (Å²) in [5, 5.41) is 0. The predicted molar refractivity (Wildman–Crippen MR) is 112 cm³/mol. The molecule has 25 heavy (non-hydrogen) atoms. The molecule has 2 fully saturated rings. The van der Waals surface area contributed by atoms with Crippen LogP contribution in [0.5, 0.6) is 0 Å². The largest absolute Gasteiger partial charge is 0.296 e. The minimum absolute atomic E-state index is 0.282. The second-order valence-corrected chi connectivity index (χ2v) is 12.3. The van der Waals surface area contributed by atoms with Crippen molar-refractivity contribution >= 4 is 0 Å². The third-order valence-electron chi connectivity index (χ3n) is 9.82. The first-order chi connectivity index (χ1) is 11.1. The Labute approximate surface area is 159 Å². The van der Waals surface area contributed by atoms with Gasteiger partial charge in [-0.05, 0) is 52.3 Å². The van der Waals surface area contributed by atoms with Crippen molar-refractivity contribution in [2.75, 3.05) is 6.54 Å². The summed E-state index contributed by atoms with van der Waals surface area (Å²) in [5.41, 5.74) is 1.16. The molecule has 0 aromatic rings. The topological polar surface area (TPSA) is 3.24 Å². The lowest BCUT2D eigenvalue weighted by Gasteiger charge is -2.58. The molecule has 148 valence electrons. The van der Waals surface area contributed by atoms with Crippen molar-refractivity contribution in [3.8, 4) is 0 Å². The molecule has 2 aliphatic rings. The summed E-state index contributed by atoms with van der Waals surface area (Å²) in [4.78, 5) is 2.97. The van der Waals surface area contributed by atoms with E-state index in [2.05, 4.69) is 88.0 Å². The number of nitrogens with zero attached hydrogens (tertiary/aromatic N) is 1. The Kier molecular flexibility index (Phi) is 5.31. The Hall–Kier alpha value is -0.0400. The van der Waals surface area contributed by atoms with Gasteiger partial charge in [0.2, 0.25) is 0 Å². The quantitative estimate of drug-likeness (QED) is 0.537. The van der Waals surface area contributed by atoms with E-state index in [4.69, 9.17) is 0 Å². The molecule has 2 unspecified atom stereocenters.